The number of hydrogen-bond acceptors (Lipinski definition) is 2. The maximum atomic E-state index is 12.3. The Bertz CT molecular complexity index is 689. The van der Waals surface area contributed by atoms with Gasteiger partial charge in [0.05, 0.1) is 15.7 Å². The van der Waals surface area contributed by atoms with Gasteiger partial charge in [0.2, 0.25) is 0 Å². The largest absolute Gasteiger partial charge is 0.398 e. The van der Waals surface area contributed by atoms with Crippen molar-refractivity contribution in [3.05, 3.63) is 56.0 Å². The number of benzene rings is 2. The first kappa shape index (κ1) is 15.2. The molecule has 0 spiro atoms. The molecule has 0 fully saturated rings. The van der Waals surface area contributed by atoms with Crippen LogP contribution in [0.2, 0.25) is 10.0 Å². The molecule has 6 heteroatoms. The molecule has 0 aromatic heterocycles. The third-order valence-corrected chi connectivity index (χ3v) is 4.67. The number of nitrogens with two attached hydrogens (primary N) is 1. The van der Waals surface area contributed by atoms with Gasteiger partial charge in [0.15, 0.2) is 0 Å². The van der Waals surface area contributed by atoms with Gasteiger partial charge in [-0.15, -0.1) is 0 Å². The van der Waals surface area contributed by atoms with E-state index >= 15 is 0 Å². The molecular formula is C14H11BrCl2N2O. The van der Waals surface area contributed by atoms with Crippen LogP contribution in [0.3, 0.4) is 0 Å². The van der Waals surface area contributed by atoms with E-state index in [1.807, 2.05) is 0 Å². The Labute approximate surface area is 135 Å². The maximum absolute atomic E-state index is 12.3. The number of halogens is 3. The molecule has 1 amide bonds. The highest BCUT2D eigenvalue weighted by molar-refractivity contribution is 9.10. The first-order valence-electron chi connectivity index (χ1n) is 5.71. The highest BCUT2D eigenvalue weighted by atomic mass is 79.9. The molecule has 0 aliphatic rings. The van der Waals surface area contributed by atoms with Gasteiger partial charge in [-0.3, -0.25) is 4.79 Å². The normalized spacial score (nSPS) is 10.4. The summed E-state index contributed by atoms with van der Waals surface area (Å²) in [6, 6.07) is 8.58. The molecule has 0 saturated carbocycles. The van der Waals surface area contributed by atoms with Crippen molar-refractivity contribution in [2.45, 2.75) is 6.92 Å². The average molecular weight is 374 g/mol. The van der Waals surface area contributed by atoms with Gasteiger partial charge in [-0.25, -0.2) is 0 Å². The first-order valence-corrected chi connectivity index (χ1v) is 7.26. The maximum Gasteiger partial charge on any atom is 0.256 e. The van der Waals surface area contributed by atoms with Crippen LogP contribution in [0.25, 0.3) is 0 Å². The minimum absolute atomic E-state index is 0.282. The Morgan fingerprint density at radius 3 is 2.60 bits per heavy atom. The van der Waals surface area contributed by atoms with Gasteiger partial charge in [-0.05, 0) is 52.7 Å². The standard InChI is InChI=1S/C14H11BrCl2N2O/c1-7-8(3-2-4-10(7)18)14(20)19-11-6-5-9(15)12(16)13(11)17/h2-6H,18H2,1H3,(H,19,20). The van der Waals surface area contributed by atoms with Gasteiger partial charge in [-0.1, -0.05) is 29.3 Å². The molecule has 0 atom stereocenters. The molecule has 2 aromatic rings. The molecular weight excluding hydrogens is 363 g/mol. The van der Waals surface area contributed by atoms with Crippen LogP contribution in [0.1, 0.15) is 15.9 Å². The Morgan fingerprint density at radius 2 is 1.90 bits per heavy atom. The summed E-state index contributed by atoms with van der Waals surface area (Å²) in [5, 5.41) is 3.37. The van der Waals surface area contributed by atoms with E-state index in [0.29, 0.717) is 26.4 Å². The van der Waals surface area contributed by atoms with Crippen LogP contribution >= 0.6 is 39.1 Å². The quantitative estimate of drug-likeness (QED) is 0.581. The predicted octanol–water partition coefficient (Wildman–Crippen LogP) is 4.90. The minimum atomic E-state index is -0.282. The summed E-state index contributed by atoms with van der Waals surface area (Å²) >= 11 is 15.4. The molecule has 0 saturated heterocycles. The van der Waals surface area contributed by atoms with Crippen molar-refractivity contribution in [3.63, 3.8) is 0 Å². The molecule has 3 N–H and O–H groups in total. The highest BCUT2D eigenvalue weighted by Crippen LogP contribution is 2.36. The molecule has 0 aliphatic carbocycles. The molecule has 0 aliphatic heterocycles. The van der Waals surface area contributed by atoms with E-state index in [9.17, 15) is 4.79 Å². The molecule has 0 radical (unpaired) electrons. The van der Waals surface area contributed by atoms with Crippen LogP contribution in [0.4, 0.5) is 11.4 Å². The second kappa shape index (κ2) is 6.04. The van der Waals surface area contributed by atoms with Crippen LogP contribution in [0, 0.1) is 6.92 Å². The smallest absolute Gasteiger partial charge is 0.256 e. The topological polar surface area (TPSA) is 55.1 Å². The van der Waals surface area contributed by atoms with E-state index in [0.717, 1.165) is 5.56 Å². The fourth-order valence-electron chi connectivity index (χ4n) is 1.71. The molecule has 0 bridgehead atoms. The van der Waals surface area contributed by atoms with Crippen LogP contribution < -0.4 is 11.1 Å². The molecule has 104 valence electrons. The number of anilines is 2. The van der Waals surface area contributed by atoms with Gasteiger partial charge in [-0.2, -0.15) is 0 Å². The van der Waals surface area contributed by atoms with E-state index < -0.39 is 0 Å². The molecule has 3 nitrogen and oxygen atoms in total. The SMILES string of the molecule is Cc1c(N)cccc1C(=O)Nc1ccc(Br)c(Cl)c1Cl. The fraction of sp³-hybridized carbons (Fsp3) is 0.0714. The monoisotopic (exact) mass is 372 g/mol. The second-order valence-electron chi connectivity index (χ2n) is 4.20. The molecule has 0 unspecified atom stereocenters. The van der Waals surface area contributed by atoms with Crippen LogP contribution in [0.5, 0.6) is 0 Å². The van der Waals surface area contributed by atoms with E-state index in [2.05, 4.69) is 21.2 Å². The van der Waals surface area contributed by atoms with Crippen molar-refractivity contribution >= 4 is 56.4 Å². The van der Waals surface area contributed by atoms with Crippen molar-refractivity contribution in [2.24, 2.45) is 0 Å². The molecule has 20 heavy (non-hydrogen) atoms. The number of rotatable bonds is 2. The zero-order valence-electron chi connectivity index (χ0n) is 10.5. The summed E-state index contributed by atoms with van der Waals surface area (Å²) in [5.41, 5.74) is 8.04. The minimum Gasteiger partial charge on any atom is -0.398 e. The third kappa shape index (κ3) is 2.92. The fourth-order valence-corrected chi connectivity index (χ4v) is 2.53. The number of hydrogen-bond donors (Lipinski definition) is 2. The van der Waals surface area contributed by atoms with Crippen LogP contribution in [-0.2, 0) is 0 Å². The lowest BCUT2D eigenvalue weighted by molar-refractivity contribution is 0.102. The van der Waals surface area contributed by atoms with E-state index in [-0.39, 0.29) is 10.9 Å². The lowest BCUT2D eigenvalue weighted by Crippen LogP contribution is -2.14. The van der Waals surface area contributed by atoms with E-state index in [4.69, 9.17) is 28.9 Å². The summed E-state index contributed by atoms with van der Waals surface area (Å²) in [5.74, 6) is -0.282. The zero-order valence-corrected chi connectivity index (χ0v) is 13.6. The Kier molecular flexibility index (Phi) is 4.58. The van der Waals surface area contributed by atoms with Gasteiger partial charge in [0.1, 0.15) is 0 Å². The number of carbonyl (C=O) groups excluding carboxylic acids is 1. The van der Waals surface area contributed by atoms with E-state index in [1.54, 1.807) is 37.3 Å². The van der Waals surface area contributed by atoms with Crippen molar-refractivity contribution in [2.75, 3.05) is 11.1 Å². The Hall–Kier alpha value is -1.23. The van der Waals surface area contributed by atoms with Gasteiger partial charge in [0.25, 0.3) is 5.91 Å². The first-order chi connectivity index (χ1) is 9.41. The number of amides is 1. The second-order valence-corrected chi connectivity index (χ2v) is 5.81. The summed E-state index contributed by atoms with van der Waals surface area (Å²) in [6.45, 7) is 1.79. The van der Waals surface area contributed by atoms with Crippen molar-refractivity contribution in [3.8, 4) is 0 Å². The number of carbonyl (C=O) groups is 1. The lowest BCUT2D eigenvalue weighted by Gasteiger charge is -2.11. The van der Waals surface area contributed by atoms with Gasteiger partial charge >= 0.3 is 0 Å². The summed E-state index contributed by atoms with van der Waals surface area (Å²) in [4.78, 5) is 12.3. The molecule has 2 rings (SSSR count). The third-order valence-electron chi connectivity index (χ3n) is 2.90. The number of nitrogens with one attached hydrogen (secondary N) is 1. The average Bonchev–Trinajstić information content (AvgIpc) is 2.42. The summed E-state index contributed by atoms with van der Waals surface area (Å²) in [6.07, 6.45) is 0. The molecule has 0 heterocycles. The molecule has 2 aromatic carbocycles. The summed E-state index contributed by atoms with van der Waals surface area (Å²) in [7, 11) is 0. The number of nitrogen functional groups attached to an aromatic ring is 1. The lowest BCUT2D eigenvalue weighted by atomic mass is 10.1. The Morgan fingerprint density at radius 1 is 1.20 bits per heavy atom. The van der Waals surface area contributed by atoms with Crippen molar-refractivity contribution < 1.29 is 4.79 Å². The predicted molar refractivity (Wildman–Crippen MR) is 87.7 cm³/mol. The van der Waals surface area contributed by atoms with Crippen molar-refractivity contribution in [1.29, 1.82) is 0 Å². The van der Waals surface area contributed by atoms with E-state index in [1.165, 1.54) is 0 Å². The van der Waals surface area contributed by atoms with Gasteiger partial charge < -0.3 is 11.1 Å². The van der Waals surface area contributed by atoms with Crippen LogP contribution in [0.15, 0.2) is 34.8 Å². The zero-order chi connectivity index (χ0) is 14.9. The summed E-state index contributed by atoms with van der Waals surface area (Å²) < 4.78 is 0.669. The van der Waals surface area contributed by atoms with Crippen molar-refractivity contribution in [1.82, 2.24) is 0 Å². The van der Waals surface area contributed by atoms with Gasteiger partial charge in [0, 0.05) is 15.7 Å². The highest BCUT2D eigenvalue weighted by Gasteiger charge is 2.14. The van der Waals surface area contributed by atoms with Crippen LogP contribution in [-0.4, -0.2) is 5.91 Å². The Balaban J connectivity index is 2.33.